The second-order valence-electron chi connectivity index (χ2n) is 4.72. The van der Waals surface area contributed by atoms with Crippen LogP contribution in [0.15, 0.2) is 42.5 Å². The highest BCUT2D eigenvalue weighted by Gasteiger charge is 2.06. The number of rotatable bonds is 4. The molecule has 4 nitrogen and oxygen atoms in total. The fourth-order valence-electron chi connectivity index (χ4n) is 2.01. The summed E-state index contributed by atoms with van der Waals surface area (Å²) < 4.78 is 0. The Hall–Kier alpha value is -2.49. The SMILES string of the molecule is CNC(=O)c1ccc(N)c(NCc2cccc(C)c2)c1. The zero-order valence-electron chi connectivity index (χ0n) is 11.7. The molecule has 1 amide bonds. The van der Waals surface area contributed by atoms with Crippen LogP contribution in [0.5, 0.6) is 0 Å². The quantitative estimate of drug-likeness (QED) is 0.747. The third-order valence-electron chi connectivity index (χ3n) is 3.11. The molecule has 0 spiro atoms. The molecule has 0 saturated carbocycles. The Bertz CT molecular complexity index is 623. The first-order valence-electron chi connectivity index (χ1n) is 6.51. The van der Waals surface area contributed by atoms with Crippen molar-refractivity contribution in [2.45, 2.75) is 13.5 Å². The van der Waals surface area contributed by atoms with Gasteiger partial charge in [-0.15, -0.1) is 0 Å². The maximum absolute atomic E-state index is 11.6. The van der Waals surface area contributed by atoms with Crippen LogP contribution < -0.4 is 16.4 Å². The van der Waals surface area contributed by atoms with Crippen LogP contribution in [0.4, 0.5) is 11.4 Å². The molecule has 2 rings (SSSR count). The van der Waals surface area contributed by atoms with Gasteiger partial charge >= 0.3 is 0 Å². The molecule has 0 aliphatic heterocycles. The average Bonchev–Trinajstić information content (AvgIpc) is 2.45. The molecule has 104 valence electrons. The average molecular weight is 269 g/mol. The van der Waals surface area contributed by atoms with E-state index in [9.17, 15) is 4.79 Å². The minimum absolute atomic E-state index is 0.122. The number of carbonyl (C=O) groups excluding carboxylic acids is 1. The zero-order chi connectivity index (χ0) is 14.5. The van der Waals surface area contributed by atoms with Crippen molar-refractivity contribution < 1.29 is 4.79 Å². The zero-order valence-corrected chi connectivity index (χ0v) is 11.7. The molecule has 0 atom stereocenters. The number of hydrogen-bond acceptors (Lipinski definition) is 3. The van der Waals surface area contributed by atoms with Gasteiger partial charge in [0.1, 0.15) is 0 Å². The molecule has 0 aliphatic carbocycles. The molecular weight excluding hydrogens is 250 g/mol. The van der Waals surface area contributed by atoms with E-state index in [1.807, 2.05) is 6.07 Å². The number of nitrogens with one attached hydrogen (secondary N) is 2. The first-order valence-corrected chi connectivity index (χ1v) is 6.51. The van der Waals surface area contributed by atoms with Gasteiger partial charge in [0.25, 0.3) is 5.91 Å². The van der Waals surface area contributed by atoms with Gasteiger partial charge in [0.2, 0.25) is 0 Å². The van der Waals surface area contributed by atoms with Gasteiger partial charge in [-0.05, 0) is 30.7 Å². The monoisotopic (exact) mass is 269 g/mol. The van der Waals surface area contributed by atoms with Crippen molar-refractivity contribution in [2.24, 2.45) is 0 Å². The highest BCUT2D eigenvalue weighted by molar-refractivity contribution is 5.96. The summed E-state index contributed by atoms with van der Waals surface area (Å²) in [5.41, 5.74) is 10.3. The van der Waals surface area contributed by atoms with Gasteiger partial charge in [0.05, 0.1) is 11.4 Å². The predicted molar refractivity (Wildman–Crippen MR) is 82.8 cm³/mol. The number of anilines is 2. The summed E-state index contributed by atoms with van der Waals surface area (Å²) in [5, 5.41) is 5.87. The van der Waals surface area contributed by atoms with Crippen molar-refractivity contribution in [3.05, 3.63) is 59.2 Å². The van der Waals surface area contributed by atoms with Gasteiger partial charge in [-0.25, -0.2) is 0 Å². The summed E-state index contributed by atoms with van der Waals surface area (Å²) in [6.07, 6.45) is 0. The number of nitrogen functional groups attached to an aromatic ring is 1. The molecule has 0 bridgehead atoms. The van der Waals surface area contributed by atoms with Crippen molar-refractivity contribution in [3.8, 4) is 0 Å². The molecule has 4 N–H and O–H groups in total. The van der Waals surface area contributed by atoms with E-state index in [0.717, 1.165) is 5.69 Å². The standard InChI is InChI=1S/C16H19N3O/c1-11-4-3-5-12(8-11)10-19-15-9-13(16(20)18-2)6-7-14(15)17/h3-9,19H,10,17H2,1-2H3,(H,18,20). The lowest BCUT2D eigenvalue weighted by atomic mass is 10.1. The van der Waals surface area contributed by atoms with E-state index in [4.69, 9.17) is 5.73 Å². The second kappa shape index (κ2) is 6.10. The number of carbonyl (C=O) groups is 1. The van der Waals surface area contributed by atoms with Crippen LogP contribution in [0.3, 0.4) is 0 Å². The Balaban J connectivity index is 2.14. The molecule has 20 heavy (non-hydrogen) atoms. The van der Waals surface area contributed by atoms with Crippen LogP contribution in [0, 0.1) is 6.92 Å². The summed E-state index contributed by atoms with van der Waals surface area (Å²) in [5.74, 6) is -0.122. The van der Waals surface area contributed by atoms with Crippen LogP contribution in [0.1, 0.15) is 21.5 Å². The normalized spacial score (nSPS) is 10.1. The molecule has 0 radical (unpaired) electrons. The van der Waals surface area contributed by atoms with E-state index in [0.29, 0.717) is 17.8 Å². The Kier molecular flexibility index (Phi) is 4.25. The largest absolute Gasteiger partial charge is 0.397 e. The van der Waals surface area contributed by atoms with Crippen LogP contribution in [-0.4, -0.2) is 13.0 Å². The number of benzene rings is 2. The molecule has 0 heterocycles. The van der Waals surface area contributed by atoms with Crippen LogP contribution in [-0.2, 0) is 6.54 Å². The Morgan fingerprint density at radius 1 is 1.20 bits per heavy atom. The summed E-state index contributed by atoms with van der Waals surface area (Å²) in [6.45, 7) is 2.73. The molecular formula is C16H19N3O. The van der Waals surface area contributed by atoms with Crippen LogP contribution in [0.2, 0.25) is 0 Å². The summed E-state index contributed by atoms with van der Waals surface area (Å²) >= 11 is 0. The minimum atomic E-state index is -0.122. The van der Waals surface area contributed by atoms with Crippen LogP contribution >= 0.6 is 0 Å². The highest BCUT2D eigenvalue weighted by Crippen LogP contribution is 2.21. The predicted octanol–water partition coefficient (Wildman–Crippen LogP) is 2.55. The number of nitrogens with two attached hydrogens (primary N) is 1. The first kappa shape index (κ1) is 13.9. The van der Waals surface area contributed by atoms with E-state index in [2.05, 4.69) is 35.8 Å². The van der Waals surface area contributed by atoms with E-state index in [1.165, 1.54) is 11.1 Å². The minimum Gasteiger partial charge on any atom is -0.397 e. The van der Waals surface area contributed by atoms with E-state index >= 15 is 0 Å². The lowest BCUT2D eigenvalue weighted by Gasteiger charge is -2.11. The summed E-state index contributed by atoms with van der Waals surface area (Å²) in [4.78, 5) is 11.6. The first-order chi connectivity index (χ1) is 9.60. The van der Waals surface area contributed by atoms with Gasteiger partial charge in [0, 0.05) is 19.2 Å². The fourth-order valence-corrected chi connectivity index (χ4v) is 2.01. The van der Waals surface area contributed by atoms with E-state index in [-0.39, 0.29) is 5.91 Å². The van der Waals surface area contributed by atoms with Crippen molar-refractivity contribution in [2.75, 3.05) is 18.1 Å². The smallest absolute Gasteiger partial charge is 0.251 e. The van der Waals surface area contributed by atoms with Gasteiger partial charge < -0.3 is 16.4 Å². The Morgan fingerprint density at radius 2 is 2.00 bits per heavy atom. The third-order valence-corrected chi connectivity index (χ3v) is 3.11. The highest BCUT2D eigenvalue weighted by atomic mass is 16.1. The fraction of sp³-hybridized carbons (Fsp3) is 0.188. The molecule has 0 fully saturated rings. The number of aryl methyl sites for hydroxylation is 1. The van der Waals surface area contributed by atoms with Gasteiger partial charge in [-0.2, -0.15) is 0 Å². The molecule has 2 aromatic rings. The maximum atomic E-state index is 11.6. The van der Waals surface area contributed by atoms with E-state index < -0.39 is 0 Å². The summed E-state index contributed by atoms with van der Waals surface area (Å²) in [6, 6.07) is 13.5. The molecule has 0 aromatic heterocycles. The van der Waals surface area contributed by atoms with Gasteiger partial charge in [0.15, 0.2) is 0 Å². The second-order valence-corrected chi connectivity index (χ2v) is 4.72. The Morgan fingerprint density at radius 3 is 2.70 bits per heavy atom. The molecule has 2 aromatic carbocycles. The van der Waals surface area contributed by atoms with Crippen molar-refractivity contribution in [3.63, 3.8) is 0 Å². The lowest BCUT2D eigenvalue weighted by molar-refractivity contribution is 0.0963. The molecule has 4 heteroatoms. The Labute approximate surface area is 119 Å². The number of hydrogen-bond donors (Lipinski definition) is 3. The molecule has 0 unspecified atom stereocenters. The van der Waals surface area contributed by atoms with E-state index in [1.54, 1.807) is 25.2 Å². The lowest BCUT2D eigenvalue weighted by Crippen LogP contribution is -2.18. The third kappa shape index (κ3) is 3.29. The van der Waals surface area contributed by atoms with Crippen molar-refractivity contribution >= 4 is 17.3 Å². The molecule has 0 saturated heterocycles. The van der Waals surface area contributed by atoms with Crippen LogP contribution in [0.25, 0.3) is 0 Å². The van der Waals surface area contributed by atoms with Gasteiger partial charge in [-0.3, -0.25) is 4.79 Å². The maximum Gasteiger partial charge on any atom is 0.251 e. The van der Waals surface area contributed by atoms with Crippen molar-refractivity contribution in [1.29, 1.82) is 0 Å². The molecule has 0 aliphatic rings. The van der Waals surface area contributed by atoms with Crippen molar-refractivity contribution in [1.82, 2.24) is 5.32 Å². The topological polar surface area (TPSA) is 67.2 Å². The number of amides is 1. The van der Waals surface area contributed by atoms with Gasteiger partial charge in [-0.1, -0.05) is 29.8 Å². The summed E-state index contributed by atoms with van der Waals surface area (Å²) in [7, 11) is 1.61.